The molecule has 8 heteroatoms. The molecule has 1 heterocycles. The highest BCUT2D eigenvalue weighted by Crippen LogP contribution is 2.39. The second kappa shape index (κ2) is 10.8. The van der Waals surface area contributed by atoms with Crippen LogP contribution in [0.1, 0.15) is 38.3 Å². The summed E-state index contributed by atoms with van der Waals surface area (Å²) in [6, 6.07) is 11.7. The second-order valence-electron chi connectivity index (χ2n) is 8.60. The van der Waals surface area contributed by atoms with E-state index in [1.807, 2.05) is 12.1 Å². The summed E-state index contributed by atoms with van der Waals surface area (Å²) < 4.78 is 17.7. The van der Waals surface area contributed by atoms with Crippen molar-refractivity contribution in [2.75, 3.05) is 27.4 Å². The van der Waals surface area contributed by atoms with Gasteiger partial charge in [-0.2, -0.15) is 0 Å². The van der Waals surface area contributed by atoms with E-state index in [1.54, 1.807) is 32.4 Å². The first-order chi connectivity index (χ1) is 15.6. The van der Waals surface area contributed by atoms with Crippen LogP contribution in [0.2, 0.25) is 5.02 Å². The van der Waals surface area contributed by atoms with Crippen molar-refractivity contribution in [1.82, 2.24) is 4.90 Å². The molecule has 0 aromatic heterocycles. The maximum Gasteiger partial charge on any atom is 0.265 e. The summed E-state index contributed by atoms with van der Waals surface area (Å²) in [5, 5.41) is 0.409. The van der Waals surface area contributed by atoms with E-state index in [-0.39, 0.29) is 11.3 Å². The predicted molar refractivity (Wildman–Crippen MR) is 140 cm³/mol. The lowest BCUT2D eigenvalue weighted by atomic mass is 9.87. The van der Waals surface area contributed by atoms with Crippen LogP contribution in [0.25, 0.3) is 6.08 Å². The number of thioether (sulfide) groups is 1. The fraction of sp³-hybridized carbons (Fsp3) is 0.360. The Kier molecular flexibility index (Phi) is 8.32. The van der Waals surface area contributed by atoms with Crippen LogP contribution in [-0.4, -0.2) is 42.5 Å². The van der Waals surface area contributed by atoms with Gasteiger partial charge in [0.05, 0.1) is 30.3 Å². The van der Waals surface area contributed by atoms with Gasteiger partial charge in [0, 0.05) is 13.5 Å². The third-order valence-electron chi connectivity index (χ3n) is 5.06. The number of likely N-dealkylation sites (N-methyl/N-ethyl adjacent to an activating group) is 1. The maximum absolute atomic E-state index is 12.2. The second-order valence-corrected chi connectivity index (χ2v) is 10.7. The largest absolute Gasteiger partial charge is 0.493 e. The fourth-order valence-electron chi connectivity index (χ4n) is 3.13. The molecule has 0 unspecified atom stereocenters. The Morgan fingerprint density at radius 1 is 1.12 bits per heavy atom. The average molecular weight is 506 g/mol. The molecule has 176 valence electrons. The molecule has 1 saturated heterocycles. The van der Waals surface area contributed by atoms with Crippen molar-refractivity contribution in [3.8, 4) is 17.2 Å². The summed E-state index contributed by atoms with van der Waals surface area (Å²) in [5.74, 6) is 1.67. The Balaban J connectivity index is 1.57. The van der Waals surface area contributed by atoms with Crippen LogP contribution in [-0.2, 0) is 10.2 Å². The first-order valence-electron chi connectivity index (χ1n) is 10.6. The Bertz CT molecular complexity index is 1060. The fourth-order valence-corrected chi connectivity index (χ4v) is 4.59. The molecular formula is C25H28ClNO4S2. The van der Waals surface area contributed by atoms with E-state index < -0.39 is 0 Å². The smallest absolute Gasteiger partial charge is 0.265 e. The zero-order valence-electron chi connectivity index (χ0n) is 19.4. The van der Waals surface area contributed by atoms with E-state index in [2.05, 4.69) is 32.9 Å². The van der Waals surface area contributed by atoms with Crippen molar-refractivity contribution < 1.29 is 19.0 Å². The van der Waals surface area contributed by atoms with E-state index in [9.17, 15) is 4.79 Å². The number of methoxy groups -OCH3 is 1. The van der Waals surface area contributed by atoms with Gasteiger partial charge in [-0.25, -0.2) is 0 Å². The molecule has 3 rings (SSSR count). The lowest BCUT2D eigenvalue weighted by Gasteiger charge is -2.19. The van der Waals surface area contributed by atoms with Gasteiger partial charge in [-0.05, 0) is 46.9 Å². The SMILES string of the molecule is COc1cc(/C=C2/SC(=S)N(C)C2=O)cc(Cl)c1OCCCOc1ccc(C(C)(C)C)cc1. The van der Waals surface area contributed by atoms with Crippen LogP contribution in [0.3, 0.4) is 0 Å². The number of rotatable bonds is 8. The molecule has 0 atom stereocenters. The number of amides is 1. The number of hydrogen-bond donors (Lipinski definition) is 0. The lowest BCUT2D eigenvalue weighted by Crippen LogP contribution is -2.22. The lowest BCUT2D eigenvalue weighted by molar-refractivity contribution is -0.121. The molecule has 0 N–H and O–H groups in total. The number of benzene rings is 2. The molecule has 5 nitrogen and oxygen atoms in total. The number of hydrogen-bond acceptors (Lipinski definition) is 6. The normalized spacial score (nSPS) is 15.3. The van der Waals surface area contributed by atoms with Crippen LogP contribution in [0.4, 0.5) is 0 Å². The molecule has 33 heavy (non-hydrogen) atoms. The molecule has 1 aliphatic heterocycles. The van der Waals surface area contributed by atoms with Gasteiger partial charge >= 0.3 is 0 Å². The van der Waals surface area contributed by atoms with Crippen LogP contribution in [0.5, 0.6) is 17.2 Å². The highest BCUT2D eigenvalue weighted by Gasteiger charge is 2.28. The standard InChI is InChI=1S/C25H28ClNO4S2/c1-25(2,3)17-7-9-18(10-8-17)30-11-6-12-31-22-19(26)13-16(14-20(22)29-5)15-21-23(28)27(4)24(32)33-21/h7-10,13-15H,6,11-12H2,1-5H3/b21-15+. The molecule has 0 radical (unpaired) electrons. The molecule has 0 aliphatic carbocycles. The van der Waals surface area contributed by atoms with Crippen molar-refractivity contribution >= 4 is 51.9 Å². The molecule has 0 spiro atoms. The van der Waals surface area contributed by atoms with Crippen LogP contribution in [0.15, 0.2) is 41.3 Å². The van der Waals surface area contributed by atoms with Gasteiger partial charge in [0.2, 0.25) is 0 Å². The highest BCUT2D eigenvalue weighted by atomic mass is 35.5. The maximum atomic E-state index is 12.2. The Labute approximate surface area is 210 Å². The minimum atomic E-state index is -0.131. The van der Waals surface area contributed by atoms with E-state index >= 15 is 0 Å². The Hall–Kier alpha value is -2.22. The Morgan fingerprint density at radius 2 is 1.79 bits per heavy atom. The summed E-state index contributed by atoms with van der Waals surface area (Å²) in [4.78, 5) is 14.2. The molecule has 1 fully saturated rings. The number of nitrogens with zero attached hydrogens (tertiary/aromatic N) is 1. The third-order valence-corrected chi connectivity index (χ3v) is 6.83. The Morgan fingerprint density at radius 3 is 2.36 bits per heavy atom. The first kappa shape index (κ1) is 25.4. The van der Waals surface area contributed by atoms with Gasteiger partial charge in [-0.15, -0.1) is 0 Å². The van der Waals surface area contributed by atoms with Gasteiger partial charge in [-0.1, -0.05) is 68.5 Å². The van der Waals surface area contributed by atoms with E-state index in [4.69, 9.17) is 38.0 Å². The zero-order chi connectivity index (χ0) is 24.2. The van der Waals surface area contributed by atoms with Gasteiger partial charge in [0.1, 0.15) is 10.1 Å². The number of carbonyl (C=O) groups excluding carboxylic acids is 1. The summed E-state index contributed by atoms with van der Waals surface area (Å²) >= 11 is 12.9. The van der Waals surface area contributed by atoms with Crippen LogP contribution in [0, 0.1) is 0 Å². The molecule has 2 aromatic rings. The van der Waals surface area contributed by atoms with Crippen LogP contribution < -0.4 is 14.2 Å². The average Bonchev–Trinajstić information content (AvgIpc) is 3.00. The van der Waals surface area contributed by atoms with Crippen LogP contribution >= 0.6 is 35.6 Å². The molecule has 0 bridgehead atoms. The number of ether oxygens (including phenoxy) is 3. The quantitative estimate of drug-likeness (QED) is 0.237. The topological polar surface area (TPSA) is 48.0 Å². The molecule has 1 amide bonds. The van der Waals surface area contributed by atoms with Crippen molar-refractivity contribution in [3.05, 3.63) is 57.5 Å². The number of carbonyl (C=O) groups is 1. The summed E-state index contributed by atoms with van der Waals surface area (Å²) in [6.07, 6.45) is 2.43. The zero-order valence-corrected chi connectivity index (χ0v) is 21.8. The van der Waals surface area contributed by atoms with Crippen molar-refractivity contribution in [2.45, 2.75) is 32.6 Å². The van der Waals surface area contributed by atoms with E-state index in [0.29, 0.717) is 45.4 Å². The summed E-state index contributed by atoms with van der Waals surface area (Å²) in [6.45, 7) is 7.49. The van der Waals surface area contributed by atoms with Crippen molar-refractivity contribution in [1.29, 1.82) is 0 Å². The monoisotopic (exact) mass is 505 g/mol. The van der Waals surface area contributed by atoms with Gasteiger partial charge < -0.3 is 14.2 Å². The summed E-state index contributed by atoms with van der Waals surface area (Å²) in [7, 11) is 3.21. The predicted octanol–water partition coefficient (Wildman–Crippen LogP) is 6.33. The van der Waals surface area contributed by atoms with Crippen molar-refractivity contribution in [2.24, 2.45) is 0 Å². The molecular weight excluding hydrogens is 478 g/mol. The number of thiocarbonyl (C=S) groups is 1. The third kappa shape index (κ3) is 6.43. The van der Waals surface area contributed by atoms with Gasteiger partial charge in [0.25, 0.3) is 5.91 Å². The van der Waals surface area contributed by atoms with E-state index in [0.717, 1.165) is 11.3 Å². The minimum Gasteiger partial charge on any atom is -0.493 e. The van der Waals surface area contributed by atoms with E-state index in [1.165, 1.54) is 22.2 Å². The first-order valence-corrected chi connectivity index (χ1v) is 12.2. The molecule has 0 saturated carbocycles. The number of halogens is 1. The minimum absolute atomic E-state index is 0.116. The van der Waals surface area contributed by atoms with Gasteiger partial charge in [0.15, 0.2) is 11.5 Å². The van der Waals surface area contributed by atoms with Crippen molar-refractivity contribution in [3.63, 3.8) is 0 Å². The molecule has 1 aliphatic rings. The highest BCUT2D eigenvalue weighted by molar-refractivity contribution is 8.26. The van der Waals surface area contributed by atoms with Gasteiger partial charge in [-0.3, -0.25) is 9.69 Å². The summed E-state index contributed by atoms with van der Waals surface area (Å²) in [5.41, 5.74) is 2.12. The molecule has 2 aromatic carbocycles.